The maximum absolute atomic E-state index is 8.18. The summed E-state index contributed by atoms with van der Waals surface area (Å²) in [5.41, 5.74) is -0.616. The van der Waals surface area contributed by atoms with Crippen molar-refractivity contribution >= 4 is 32.8 Å². The smallest absolute Gasteiger partial charge is 0.218 e. The lowest BCUT2D eigenvalue weighted by Gasteiger charge is -2.08. The van der Waals surface area contributed by atoms with Gasteiger partial charge in [0.1, 0.15) is 18.1 Å². The first-order valence-corrected chi connectivity index (χ1v) is 8.93. The van der Waals surface area contributed by atoms with Crippen molar-refractivity contribution < 1.29 is 25.4 Å². The highest BCUT2D eigenvalue weighted by Gasteiger charge is 2.25. The lowest BCUT2D eigenvalue weighted by molar-refractivity contribution is -0.660. The molecule has 0 saturated carbocycles. The molecular formula is C25H24N3O+. The molecule has 0 amide bonds. The summed E-state index contributed by atoms with van der Waals surface area (Å²) in [6, 6.07) is 7.79. The number of nitrogens with zero attached hydrogens (tertiary/aromatic N) is 3. The molecule has 0 fully saturated rings. The van der Waals surface area contributed by atoms with Crippen LogP contribution in [-0.4, -0.2) is 9.97 Å². The van der Waals surface area contributed by atoms with E-state index in [0.717, 1.165) is 0 Å². The second-order valence-corrected chi connectivity index (χ2v) is 7.01. The van der Waals surface area contributed by atoms with Gasteiger partial charge in [0, 0.05) is 44.5 Å². The van der Waals surface area contributed by atoms with Gasteiger partial charge < -0.3 is 4.42 Å². The Balaban J connectivity index is 2.02. The molecule has 4 heteroatoms. The summed E-state index contributed by atoms with van der Waals surface area (Å²) in [6.07, 6.45) is 1.20. The molecule has 0 atom stereocenters. The van der Waals surface area contributed by atoms with Crippen LogP contribution in [0.1, 0.15) is 44.7 Å². The molecule has 0 spiro atoms. The maximum Gasteiger partial charge on any atom is 0.218 e. The highest BCUT2D eigenvalue weighted by atomic mass is 16.3. The number of aromatic nitrogens is 3. The van der Waals surface area contributed by atoms with Crippen molar-refractivity contribution in [2.45, 2.75) is 34.3 Å². The summed E-state index contributed by atoms with van der Waals surface area (Å²) in [5, 5.41) is 0.662. The van der Waals surface area contributed by atoms with Crippen LogP contribution in [0, 0.1) is 34.3 Å². The van der Waals surface area contributed by atoms with Crippen molar-refractivity contribution in [1.82, 2.24) is 9.97 Å². The van der Waals surface area contributed by atoms with Gasteiger partial charge in [-0.3, -0.25) is 4.98 Å². The Morgan fingerprint density at radius 1 is 0.897 bits per heavy atom. The molecule has 4 heterocycles. The van der Waals surface area contributed by atoms with E-state index in [1.54, 1.807) is 24.3 Å². The van der Waals surface area contributed by atoms with Crippen LogP contribution in [0.25, 0.3) is 44.1 Å². The van der Waals surface area contributed by atoms with Gasteiger partial charge in [-0.05, 0) is 39.9 Å². The highest BCUT2D eigenvalue weighted by Crippen LogP contribution is 2.40. The summed E-state index contributed by atoms with van der Waals surface area (Å²) < 4.78 is 104. The zero-order valence-corrected chi connectivity index (χ0v) is 15.7. The molecule has 0 aliphatic rings. The third-order valence-corrected chi connectivity index (χ3v) is 5.17. The Labute approximate surface area is 186 Å². The van der Waals surface area contributed by atoms with Crippen molar-refractivity contribution in [2.75, 3.05) is 0 Å². The second kappa shape index (κ2) is 6.11. The minimum atomic E-state index is -2.79. The monoisotopic (exact) mass is 394 g/mol. The third-order valence-electron chi connectivity index (χ3n) is 5.17. The minimum Gasteiger partial charge on any atom is -0.453 e. The van der Waals surface area contributed by atoms with Gasteiger partial charge in [-0.25, -0.2) is 9.55 Å². The first-order valence-electron chi connectivity index (χ1n) is 14.9. The molecule has 5 aromatic rings. The van der Waals surface area contributed by atoms with Crippen LogP contribution >= 0.6 is 0 Å². The molecule has 0 unspecified atom stereocenters. The average molecular weight is 395 g/mol. The molecule has 29 heavy (non-hydrogen) atoms. The van der Waals surface area contributed by atoms with Crippen molar-refractivity contribution in [2.24, 2.45) is 7.05 Å². The fourth-order valence-corrected chi connectivity index (χ4v) is 3.81. The molecule has 0 saturated heterocycles. The normalized spacial score (nSPS) is 19.7. The Hall–Kier alpha value is -3.27. The number of furan rings is 1. The van der Waals surface area contributed by atoms with E-state index in [2.05, 4.69) is 9.97 Å². The SMILES string of the molecule is [2H]C([2H])([2H])c1cc(-c2c(C)nc(C([2H])([2H])[2H])c3c2oc2c4ccccc4c(C([2H])([2H])[2H])nc23)[n+](C)cc1C([2H])([2H])[2H]. The van der Waals surface area contributed by atoms with Crippen molar-refractivity contribution in [3.05, 3.63) is 64.7 Å². The molecule has 0 bridgehead atoms. The van der Waals surface area contributed by atoms with Crippen LogP contribution < -0.4 is 4.57 Å². The molecule has 1 aromatic carbocycles. The largest absolute Gasteiger partial charge is 0.453 e. The number of aryl methyl sites for hydroxylation is 6. The van der Waals surface area contributed by atoms with Crippen molar-refractivity contribution in [3.63, 3.8) is 0 Å². The molecule has 0 radical (unpaired) electrons. The van der Waals surface area contributed by atoms with E-state index in [-0.39, 0.29) is 56.0 Å². The van der Waals surface area contributed by atoms with Gasteiger partial charge in [0.15, 0.2) is 17.4 Å². The van der Waals surface area contributed by atoms with Crippen LogP contribution in [0.2, 0.25) is 0 Å². The molecule has 4 aromatic heterocycles. The van der Waals surface area contributed by atoms with E-state index in [4.69, 9.17) is 20.9 Å². The summed E-state index contributed by atoms with van der Waals surface area (Å²) in [4.78, 5) is 8.79. The van der Waals surface area contributed by atoms with Crippen molar-refractivity contribution in [3.8, 4) is 11.3 Å². The predicted octanol–water partition coefficient (Wildman–Crippen LogP) is 5.56. The molecule has 0 N–H and O–H groups in total. The molecule has 4 nitrogen and oxygen atoms in total. The quantitative estimate of drug-likeness (QED) is 0.349. The van der Waals surface area contributed by atoms with Crippen LogP contribution in [0.5, 0.6) is 0 Å². The van der Waals surface area contributed by atoms with Crippen LogP contribution in [0.4, 0.5) is 0 Å². The Morgan fingerprint density at radius 2 is 1.69 bits per heavy atom. The molecule has 144 valence electrons. The van der Waals surface area contributed by atoms with E-state index < -0.39 is 33.0 Å². The maximum atomic E-state index is 8.18. The number of hydrogen-bond acceptors (Lipinski definition) is 3. The average Bonchev–Trinajstić information content (AvgIpc) is 3.20. The number of fused-ring (bicyclic) bond motifs is 5. The van der Waals surface area contributed by atoms with Gasteiger partial charge in [-0.2, -0.15) is 0 Å². The first kappa shape index (κ1) is 9.04. The second-order valence-electron chi connectivity index (χ2n) is 7.01. The van der Waals surface area contributed by atoms with Gasteiger partial charge >= 0.3 is 0 Å². The van der Waals surface area contributed by atoms with Gasteiger partial charge in [0.2, 0.25) is 5.69 Å². The van der Waals surface area contributed by atoms with Gasteiger partial charge in [-0.1, -0.05) is 24.3 Å². The van der Waals surface area contributed by atoms with E-state index in [1.807, 2.05) is 0 Å². The predicted molar refractivity (Wildman–Crippen MR) is 117 cm³/mol. The van der Waals surface area contributed by atoms with Crippen LogP contribution in [0.15, 0.2) is 40.9 Å². The Morgan fingerprint density at radius 3 is 2.45 bits per heavy atom. The number of hydrogen-bond donors (Lipinski definition) is 0. The summed E-state index contributed by atoms with van der Waals surface area (Å²) in [5.74, 6) is 0. The fraction of sp³-hybridized carbons (Fsp3) is 0.240. The summed E-state index contributed by atoms with van der Waals surface area (Å²) in [6.45, 7) is -9.36. The zero-order chi connectivity index (χ0) is 30.4. The summed E-state index contributed by atoms with van der Waals surface area (Å²) >= 11 is 0. The highest BCUT2D eigenvalue weighted by molar-refractivity contribution is 6.16. The van der Waals surface area contributed by atoms with E-state index >= 15 is 0 Å². The first-order chi connectivity index (χ1) is 18.7. The number of pyridine rings is 3. The molecule has 5 rings (SSSR count). The number of benzene rings is 1. The Kier molecular flexibility index (Phi) is 1.90. The van der Waals surface area contributed by atoms with Gasteiger partial charge in [-0.15, -0.1) is 0 Å². The number of rotatable bonds is 1. The van der Waals surface area contributed by atoms with Crippen LogP contribution in [-0.2, 0) is 7.05 Å². The third kappa shape index (κ3) is 2.48. The van der Waals surface area contributed by atoms with E-state index in [9.17, 15) is 0 Å². The molecule has 0 aliphatic heterocycles. The van der Waals surface area contributed by atoms with Crippen molar-refractivity contribution in [1.29, 1.82) is 0 Å². The molecule has 0 aliphatic carbocycles. The topological polar surface area (TPSA) is 42.8 Å². The van der Waals surface area contributed by atoms with Gasteiger partial charge in [0.05, 0.1) is 16.8 Å². The summed E-state index contributed by atoms with van der Waals surface area (Å²) in [7, 11) is 1.53. The van der Waals surface area contributed by atoms with E-state index in [1.165, 1.54) is 30.8 Å². The zero-order valence-electron chi connectivity index (χ0n) is 27.7. The van der Waals surface area contributed by atoms with E-state index in [0.29, 0.717) is 10.8 Å². The minimum absolute atomic E-state index is 0.00713. The fourth-order valence-electron chi connectivity index (χ4n) is 3.81. The standard InChI is InChI=1S/C25H24N3O/c1-13-11-20(28(6)12-14(13)2)21-16(4)26-17(5)22-23-24(29-25(21)22)19-10-8-7-9-18(19)15(3)27-23/h7-12H,1-6H3/q+1/i1D3,2D3,3D3,5D3. The van der Waals surface area contributed by atoms with Gasteiger partial charge in [0.25, 0.3) is 0 Å². The lowest BCUT2D eigenvalue weighted by atomic mass is 10.0. The molecular weight excluding hydrogens is 358 g/mol. The Bertz CT molecular complexity index is 1860. The lowest BCUT2D eigenvalue weighted by Crippen LogP contribution is -2.31. The van der Waals surface area contributed by atoms with Crippen LogP contribution in [0.3, 0.4) is 0 Å².